The molecule has 0 fully saturated rings. The third kappa shape index (κ3) is 4.71. The number of urea groups is 1. The maximum Gasteiger partial charge on any atom is 0.573 e. The number of carbonyl (C=O) groups is 2. The summed E-state index contributed by atoms with van der Waals surface area (Å²) in [5.41, 5.74) is 3.99. The maximum absolute atomic E-state index is 12.4. The molecule has 7 nitrogen and oxygen atoms in total. The van der Waals surface area contributed by atoms with Gasteiger partial charge in [-0.25, -0.2) is 10.3 Å². The molecule has 3 rings (SSSR count). The normalized spacial score (nSPS) is 13.5. The average Bonchev–Trinajstić information content (AvgIpc) is 2.66. The number of hydrogen-bond donors (Lipinski definition) is 3. The van der Waals surface area contributed by atoms with Crippen molar-refractivity contribution in [1.29, 1.82) is 0 Å². The zero-order chi connectivity index (χ0) is 20.3. The van der Waals surface area contributed by atoms with E-state index in [1.54, 1.807) is 28.6 Å². The third-order valence-electron chi connectivity index (χ3n) is 4.21. The predicted molar refractivity (Wildman–Crippen MR) is 92.0 cm³/mol. The molecule has 2 aromatic carbocycles. The summed E-state index contributed by atoms with van der Waals surface area (Å²) in [6.45, 7) is 0.718. The monoisotopic (exact) mass is 395 g/mol. The van der Waals surface area contributed by atoms with E-state index in [0.717, 1.165) is 23.3 Å². The molecular formula is C18H16F3N3O4. The second kappa shape index (κ2) is 7.77. The average molecular weight is 395 g/mol. The number of hydroxylamine groups is 1. The summed E-state index contributed by atoms with van der Waals surface area (Å²) in [7, 11) is 0. The molecule has 1 aliphatic rings. The van der Waals surface area contributed by atoms with Gasteiger partial charge in [-0.2, -0.15) is 0 Å². The molecule has 10 heteroatoms. The number of halogens is 3. The van der Waals surface area contributed by atoms with Crippen molar-refractivity contribution < 1.29 is 32.7 Å². The topological polar surface area (TPSA) is 90.9 Å². The third-order valence-corrected chi connectivity index (χ3v) is 4.21. The fourth-order valence-corrected chi connectivity index (χ4v) is 2.87. The number of amides is 3. The first-order valence-corrected chi connectivity index (χ1v) is 8.23. The lowest BCUT2D eigenvalue weighted by atomic mass is 9.97. The highest BCUT2D eigenvalue weighted by Gasteiger charge is 2.31. The quantitative estimate of drug-likeness (QED) is 0.550. The van der Waals surface area contributed by atoms with E-state index < -0.39 is 18.3 Å². The molecule has 3 N–H and O–H groups in total. The first-order chi connectivity index (χ1) is 13.2. The summed E-state index contributed by atoms with van der Waals surface area (Å²) in [6.07, 6.45) is -4.25. The number of ether oxygens (including phenoxy) is 1. The number of hydrogen-bond acceptors (Lipinski definition) is 4. The van der Waals surface area contributed by atoms with Crippen LogP contribution in [0.25, 0.3) is 0 Å². The highest BCUT2D eigenvalue weighted by atomic mass is 19.4. The molecule has 0 aromatic heterocycles. The number of rotatable bonds is 3. The second-order valence-electron chi connectivity index (χ2n) is 6.10. The van der Waals surface area contributed by atoms with Gasteiger partial charge in [0.15, 0.2) is 0 Å². The zero-order valence-corrected chi connectivity index (χ0v) is 14.4. The molecule has 0 bridgehead atoms. The lowest BCUT2D eigenvalue weighted by Crippen LogP contribution is -2.39. The van der Waals surface area contributed by atoms with Gasteiger partial charge in [-0.05, 0) is 53.9 Å². The summed E-state index contributed by atoms with van der Waals surface area (Å²) in [4.78, 5) is 25.4. The van der Waals surface area contributed by atoms with Crippen molar-refractivity contribution in [3.8, 4) is 5.75 Å². The van der Waals surface area contributed by atoms with Crippen molar-refractivity contribution in [3.63, 3.8) is 0 Å². The van der Waals surface area contributed by atoms with Crippen molar-refractivity contribution in [2.75, 3.05) is 11.9 Å². The Bertz CT molecular complexity index is 885. The van der Waals surface area contributed by atoms with E-state index in [1.807, 2.05) is 0 Å². The van der Waals surface area contributed by atoms with Crippen molar-refractivity contribution in [3.05, 3.63) is 59.2 Å². The standard InChI is InChI=1S/C18H16F3N3O4/c19-18(20,21)28-15-5-3-14(4-6-15)22-17(26)24-8-7-11-9-12(16(25)23-27)1-2-13(11)10-24/h1-6,9,27H,7-8,10H2,(H,22,26)(H,23,25). The van der Waals surface area contributed by atoms with Crippen LogP contribution in [0.2, 0.25) is 0 Å². The van der Waals surface area contributed by atoms with Crippen LogP contribution in [-0.4, -0.2) is 35.0 Å². The smallest absolute Gasteiger partial charge is 0.406 e. The van der Waals surface area contributed by atoms with Crippen LogP contribution in [0.3, 0.4) is 0 Å². The molecule has 2 aromatic rings. The van der Waals surface area contributed by atoms with Gasteiger partial charge in [-0.3, -0.25) is 10.0 Å². The Labute approximate surface area is 157 Å². The van der Waals surface area contributed by atoms with Gasteiger partial charge in [0.1, 0.15) is 5.75 Å². The molecule has 28 heavy (non-hydrogen) atoms. The molecule has 0 saturated carbocycles. The Morgan fingerprint density at radius 1 is 1.07 bits per heavy atom. The van der Waals surface area contributed by atoms with Gasteiger partial charge in [0.2, 0.25) is 0 Å². The molecule has 1 heterocycles. The Morgan fingerprint density at radius 2 is 1.79 bits per heavy atom. The molecule has 0 atom stereocenters. The van der Waals surface area contributed by atoms with E-state index in [4.69, 9.17) is 5.21 Å². The SMILES string of the molecule is O=C(NO)c1ccc2c(c1)CCN(C(=O)Nc1ccc(OC(F)(F)F)cc1)C2. The number of anilines is 1. The first kappa shape index (κ1) is 19.5. The lowest BCUT2D eigenvalue weighted by molar-refractivity contribution is -0.274. The number of nitrogens with one attached hydrogen (secondary N) is 2. The summed E-state index contributed by atoms with van der Waals surface area (Å²) in [6, 6.07) is 9.38. The van der Waals surface area contributed by atoms with Crippen LogP contribution in [0, 0.1) is 0 Å². The molecule has 0 saturated heterocycles. The Morgan fingerprint density at radius 3 is 2.43 bits per heavy atom. The fourth-order valence-electron chi connectivity index (χ4n) is 2.87. The Balaban J connectivity index is 1.62. The van der Waals surface area contributed by atoms with Crippen molar-refractivity contribution in [1.82, 2.24) is 10.4 Å². The van der Waals surface area contributed by atoms with Crippen LogP contribution < -0.4 is 15.5 Å². The second-order valence-corrected chi connectivity index (χ2v) is 6.10. The molecule has 148 valence electrons. The van der Waals surface area contributed by atoms with Crippen LogP contribution in [0.1, 0.15) is 21.5 Å². The van der Waals surface area contributed by atoms with Gasteiger partial charge in [0.05, 0.1) is 0 Å². The van der Waals surface area contributed by atoms with Crippen LogP contribution in [0.5, 0.6) is 5.75 Å². The zero-order valence-electron chi connectivity index (χ0n) is 14.4. The van der Waals surface area contributed by atoms with Crippen molar-refractivity contribution >= 4 is 17.6 Å². The highest BCUT2D eigenvalue weighted by molar-refractivity contribution is 5.93. The van der Waals surface area contributed by atoms with E-state index in [-0.39, 0.29) is 5.75 Å². The molecule has 0 aliphatic carbocycles. The number of fused-ring (bicyclic) bond motifs is 1. The summed E-state index contributed by atoms with van der Waals surface area (Å²) < 4.78 is 40.3. The van der Waals surface area contributed by atoms with Gasteiger partial charge in [-0.15, -0.1) is 13.2 Å². The number of nitrogens with zero attached hydrogens (tertiary/aromatic N) is 1. The number of alkyl halides is 3. The van der Waals surface area contributed by atoms with Crippen LogP contribution in [0.4, 0.5) is 23.7 Å². The minimum atomic E-state index is -4.77. The first-order valence-electron chi connectivity index (χ1n) is 8.23. The van der Waals surface area contributed by atoms with Gasteiger partial charge in [0.25, 0.3) is 5.91 Å². The van der Waals surface area contributed by atoms with Gasteiger partial charge >= 0.3 is 12.4 Å². The minimum Gasteiger partial charge on any atom is -0.406 e. The Hall–Kier alpha value is -3.27. The number of benzene rings is 2. The Kier molecular flexibility index (Phi) is 5.41. The molecule has 0 unspecified atom stereocenters. The van der Waals surface area contributed by atoms with E-state index >= 15 is 0 Å². The summed E-state index contributed by atoms with van der Waals surface area (Å²) in [5.74, 6) is -0.985. The predicted octanol–water partition coefficient (Wildman–Crippen LogP) is 3.29. The number of carbonyl (C=O) groups excluding carboxylic acids is 2. The summed E-state index contributed by atoms with van der Waals surface area (Å²) in [5, 5.41) is 11.3. The van der Waals surface area contributed by atoms with E-state index in [9.17, 15) is 22.8 Å². The largest absolute Gasteiger partial charge is 0.573 e. The van der Waals surface area contributed by atoms with Gasteiger partial charge in [0, 0.05) is 24.3 Å². The van der Waals surface area contributed by atoms with Crippen LogP contribution in [0.15, 0.2) is 42.5 Å². The van der Waals surface area contributed by atoms with Crippen molar-refractivity contribution in [2.45, 2.75) is 19.3 Å². The molecule has 1 aliphatic heterocycles. The van der Waals surface area contributed by atoms with Crippen LogP contribution >= 0.6 is 0 Å². The molecule has 0 spiro atoms. The maximum atomic E-state index is 12.4. The van der Waals surface area contributed by atoms with Crippen molar-refractivity contribution in [2.24, 2.45) is 0 Å². The summed E-state index contributed by atoms with van der Waals surface area (Å²) >= 11 is 0. The minimum absolute atomic E-state index is 0.317. The fraction of sp³-hybridized carbons (Fsp3) is 0.222. The molecule has 3 amide bonds. The van der Waals surface area contributed by atoms with E-state index in [1.165, 1.54) is 12.1 Å². The lowest BCUT2D eigenvalue weighted by Gasteiger charge is -2.29. The molecule has 0 radical (unpaired) electrons. The van der Waals surface area contributed by atoms with E-state index in [0.29, 0.717) is 30.8 Å². The van der Waals surface area contributed by atoms with Crippen LogP contribution in [-0.2, 0) is 13.0 Å². The van der Waals surface area contributed by atoms with Gasteiger partial charge < -0.3 is 15.0 Å². The van der Waals surface area contributed by atoms with Gasteiger partial charge in [-0.1, -0.05) is 6.07 Å². The highest BCUT2D eigenvalue weighted by Crippen LogP contribution is 2.25. The van der Waals surface area contributed by atoms with E-state index in [2.05, 4.69) is 10.1 Å². The molecular weight excluding hydrogens is 379 g/mol.